The number of hydrazone groups is 1. The molecule has 1 amide bonds. The highest BCUT2D eigenvalue weighted by atomic mass is 19.4. The molecule has 2 rings (SSSR count). The zero-order chi connectivity index (χ0) is 18.6. The Hall–Kier alpha value is -3.25. The number of aromatic nitrogens is 4. The molecule has 0 bridgehead atoms. The average Bonchev–Trinajstić information content (AvgIpc) is 3.05. The van der Waals surface area contributed by atoms with Crippen LogP contribution >= 0.6 is 0 Å². The third-order valence-electron chi connectivity index (χ3n) is 2.85. The molecule has 0 saturated heterocycles. The largest absolute Gasteiger partial charge is 0.408 e. The predicted octanol–water partition coefficient (Wildman–Crippen LogP) is 1.01. The quantitative estimate of drug-likeness (QED) is 0.469. The molecular formula is C12H12F3N7O3. The number of aryl methyl sites for hydroxylation is 1. The number of imidazole rings is 1. The maximum atomic E-state index is 12.2. The van der Waals surface area contributed by atoms with E-state index in [-0.39, 0.29) is 23.9 Å². The van der Waals surface area contributed by atoms with Crippen molar-refractivity contribution in [2.45, 2.75) is 26.2 Å². The van der Waals surface area contributed by atoms with Crippen molar-refractivity contribution in [2.24, 2.45) is 5.10 Å². The van der Waals surface area contributed by atoms with E-state index < -0.39 is 23.6 Å². The lowest BCUT2D eigenvalue weighted by Gasteiger charge is -2.04. The summed E-state index contributed by atoms with van der Waals surface area (Å²) in [5, 5.41) is 17.8. The molecule has 0 radical (unpaired) electrons. The highest BCUT2D eigenvalue weighted by Crippen LogP contribution is 2.16. The highest BCUT2D eigenvalue weighted by molar-refractivity contribution is 5.80. The Kier molecular flexibility index (Phi) is 5.14. The third-order valence-corrected chi connectivity index (χ3v) is 2.85. The molecule has 25 heavy (non-hydrogen) atoms. The van der Waals surface area contributed by atoms with Crippen LogP contribution in [0.25, 0.3) is 0 Å². The standard InChI is InChI=1S/C12H12F3N7O3/c1-8-17-10(22(24)25)5-20(8)6-11(23)18-16-4-9-2-3-21(19-9)7-12(13,14)15/h2-5H,6-7H2,1H3,(H,18,23)/b16-4-. The van der Waals surface area contributed by atoms with E-state index in [1.54, 1.807) is 0 Å². The summed E-state index contributed by atoms with van der Waals surface area (Å²) >= 11 is 0. The highest BCUT2D eigenvalue weighted by Gasteiger charge is 2.28. The van der Waals surface area contributed by atoms with Gasteiger partial charge in [-0.05, 0) is 16.0 Å². The van der Waals surface area contributed by atoms with Crippen LogP contribution in [0.15, 0.2) is 23.6 Å². The fourth-order valence-electron chi connectivity index (χ4n) is 1.82. The van der Waals surface area contributed by atoms with E-state index in [4.69, 9.17) is 0 Å². The Morgan fingerprint density at radius 1 is 1.52 bits per heavy atom. The molecule has 0 aliphatic heterocycles. The Bertz CT molecular complexity index is 809. The van der Waals surface area contributed by atoms with Gasteiger partial charge in [0.1, 0.15) is 25.0 Å². The van der Waals surface area contributed by atoms with E-state index in [1.165, 1.54) is 17.6 Å². The number of carbonyl (C=O) groups excluding carboxylic acids is 1. The summed E-state index contributed by atoms with van der Waals surface area (Å²) in [6, 6.07) is 1.30. The Morgan fingerprint density at radius 3 is 2.84 bits per heavy atom. The molecular weight excluding hydrogens is 347 g/mol. The van der Waals surface area contributed by atoms with Gasteiger partial charge in [-0.2, -0.15) is 23.4 Å². The lowest BCUT2D eigenvalue weighted by molar-refractivity contribution is -0.389. The molecule has 134 valence electrons. The van der Waals surface area contributed by atoms with Gasteiger partial charge in [0.05, 0.1) is 6.21 Å². The fourth-order valence-corrected chi connectivity index (χ4v) is 1.82. The molecule has 0 aromatic carbocycles. The van der Waals surface area contributed by atoms with Crippen molar-refractivity contribution in [1.29, 1.82) is 0 Å². The van der Waals surface area contributed by atoms with E-state index in [0.29, 0.717) is 4.68 Å². The van der Waals surface area contributed by atoms with Crippen LogP contribution < -0.4 is 5.43 Å². The van der Waals surface area contributed by atoms with Crippen molar-refractivity contribution >= 4 is 17.9 Å². The number of nitrogens with one attached hydrogen (secondary N) is 1. The second kappa shape index (κ2) is 7.11. The molecule has 1 N–H and O–H groups in total. The van der Waals surface area contributed by atoms with Crippen molar-refractivity contribution in [3.8, 4) is 0 Å². The second-order valence-electron chi connectivity index (χ2n) is 4.88. The molecule has 0 unspecified atom stereocenters. The van der Waals surface area contributed by atoms with Crippen molar-refractivity contribution in [3.05, 3.63) is 40.1 Å². The van der Waals surface area contributed by atoms with Crippen LogP contribution in [-0.4, -0.2) is 42.6 Å². The van der Waals surface area contributed by atoms with Gasteiger partial charge in [-0.1, -0.05) is 0 Å². The average molecular weight is 359 g/mol. The number of amides is 1. The van der Waals surface area contributed by atoms with Gasteiger partial charge in [0.25, 0.3) is 5.91 Å². The summed E-state index contributed by atoms with van der Waals surface area (Å²) < 4.78 is 38.6. The van der Waals surface area contributed by atoms with Crippen LogP contribution in [0.2, 0.25) is 0 Å². The van der Waals surface area contributed by atoms with E-state index >= 15 is 0 Å². The first-order chi connectivity index (χ1) is 11.6. The summed E-state index contributed by atoms with van der Waals surface area (Å²) in [7, 11) is 0. The summed E-state index contributed by atoms with van der Waals surface area (Å²) in [4.78, 5) is 25.3. The minimum atomic E-state index is -4.39. The van der Waals surface area contributed by atoms with E-state index in [9.17, 15) is 28.1 Å². The van der Waals surface area contributed by atoms with Gasteiger partial charge in [-0.25, -0.2) is 5.43 Å². The Balaban J connectivity index is 1.89. The molecule has 2 heterocycles. The molecule has 10 nitrogen and oxygen atoms in total. The monoisotopic (exact) mass is 359 g/mol. The fraction of sp³-hybridized carbons (Fsp3) is 0.333. The maximum Gasteiger partial charge on any atom is 0.408 e. The molecule has 0 aliphatic carbocycles. The van der Waals surface area contributed by atoms with Gasteiger partial charge in [0.15, 0.2) is 0 Å². The lowest BCUT2D eigenvalue weighted by atomic mass is 10.5. The predicted molar refractivity (Wildman–Crippen MR) is 77.6 cm³/mol. The maximum absolute atomic E-state index is 12.2. The SMILES string of the molecule is Cc1nc([N+](=O)[O-])cn1CC(=O)N/N=C\c1ccn(CC(F)(F)F)n1. The number of halogens is 3. The summed E-state index contributed by atoms with van der Waals surface area (Å²) in [6.45, 7) is 0.00918. The minimum Gasteiger partial charge on any atom is -0.358 e. The molecule has 0 aliphatic rings. The number of nitrogens with zero attached hydrogens (tertiary/aromatic N) is 6. The summed E-state index contributed by atoms with van der Waals surface area (Å²) in [5.74, 6) is -0.706. The van der Waals surface area contributed by atoms with Crippen molar-refractivity contribution in [2.75, 3.05) is 0 Å². The molecule has 0 spiro atoms. The Morgan fingerprint density at radius 2 is 2.24 bits per heavy atom. The smallest absolute Gasteiger partial charge is 0.358 e. The van der Waals surface area contributed by atoms with Crippen LogP contribution in [-0.2, 0) is 17.9 Å². The van der Waals surface area contributed by atoms with Crippen LogP contribution in [0.5, 0.6) is 0 Å². The first kappa shape index (κ1) is 18.1. The van der Waals surface area contributed by atoms with Crippen molar-refractivity contribution < 1.29 is 22.9 Å². The molecule has 13 heteroatoms. The van der Waals surface area contributed by atoms with E-state index in [0.717, 1.165) is 18.6 Å². The van der Waals surface area contributed by atoms with Gasteiger partial charge in [0.2, 0.25) is 5.82 Å². The number of alkyl halides is 3. The van der Waals surface area contributed by atoms with Crippen LogP contribution in [0, 0.1) is 17.0 Å². The summed E-state index contributed by atoms with van der Waals surface area (Å²) in [6.07, 6.45) is -1.07. The zero-order valence-corrected chi connectivity index (χ0v) is 12.8. The lowest BCUT2D eigenvalue weighted by Crippen LogP contribution is -2.23. The molecule has 0 saturated carbocycles. The van der Waals surface area contributed by atoms with E-state index in [1.807, 2.05) is 0 Å². The number of carbonyl (C=O) groups is 1. The number of nitro groups is 1. The first-order valence-corrected chi connectivity index (χ1v) is 6.74. The van der Waals surface area contributed by atoms with E-state index in [2.05, 4.69) is 20.6 Å². The molecule has 2 aromatic rings. The number of hydrogen-bond donors (Lipinski definition) is 1. The van der Waals surface area contributed by atoms with Crippen LogP contribution in [0.4, 0.5) is 19.0 Å². The zero-order valence-electron chi connectivity index (χ0n) is 12.8. The summed E-state index contributed by atoms with van der Waals surface area (Å²) in [5.41, 5.74) is 2.27. The second-order valence-corrected chi connectivity index (χ2v) is 4.88. The van der Waals surface area contributed by atoms with Gasteiger partial charge in [-0.15, -0.1) is 0 Å². The number of hydrogen-bond acceptors (Lipinski definition) is 6. The van der Waals surface area contributed by atoms with Crippen LogP contribution in [0.1, 0.15) is 11.5 Å². The molecule has 0 fully saturated rings. The minimum absolute atomic E-state index is 0.124. The van der Waals surface area contributed by atoms with Gasteiger partial charge in [-0.3, -0.25) is 14.0 Å². The van der Waals surface area contributed by atoms with Gasteiger partial charge in [0, 0.05) is 13.1 Å². The topological polar surface area (TPSA) is 120 Å². The molecule has 0 atom stereocenters. The van der Waals surface area contributed by atoms with Gasteiger partial charge >= 0.3 is 12.0 Å². The first-order valence-electron chi connectivity index (χ1n) is 6.74. The van der Waals surface area contributed by atoms with Crippen molar-refractivity contribution in [3.63, 3.8) is 0 Å². The van der Waals surface area contributed by atoms with Crippen LogP contribution in [0.3, 0.4) is 0 Å². The van der Waals surface area contributed by atoms with Gasteiger partial charge < -0.3 is 10.1 Å². The van der Waals surface area contributed by atoms with Crippen molar-refractivity contribution in [1.82, 2.24) is 24.8 Å². The normalized spacial score (nSPS) is 11.8. The third kappa shape index (κ3) is 5.40. The number of rotatable bonds is 6. The Labute approximate surface area is 138 Å². The molecule has 2 aromatic heterocycles.